The number of aromatic nitrogens is 5. The van der Waals surface area contributed by atoms with Crippen molar-refractivity contribution in [2.24, 2.45) is 7.05 Å². The Labute approximate surface area is 159 Å². The van der Waals surface area contributed by atoms with Crippen molar-refractivity contribution in [3.05, 3.63) is 60.2 Å². The molecule has 0 spiro atoms. The van der Waals surface area contributed by atoms with Crippen LogP contribution in [0.5, 0.6) is 5.75 Å². The first kappa shape index (κ1) is 17.7. The van der Waals surface area contributed by atoms with Gasteiger partial charge < -0.3 is 13.9 Å². The van der Waals surface area contributed by atoms with Crippen LogP contribution in [0.1, 0.15) is 36.0 Å². The van der Waals surface area contributed by atoms with Gasteiger partial charge in [-0.15, -0.1) is 10.2 Å². The van der Waals surface area contributed by atoms with Crippen LogP contribution < -0.4 is 4.74 Å². The predicted molar refractivity (Wildman–Crippen MR) is 103 cm³/mol. The molecule has 3 aromatic rings. The average molecular weight is 366 g/mol. The predicted octanol–water partition coefficient (Wildman–Crippen LogP) is 2.45. The Hall–Kier alpha value is -2.67. The van der Waals surface area contributed by atoms with Gasteiger partial charge in [-0.05, 0) is 37.1 Å². The molecule has 4 rings (SSSR count). The summed E-state index contributed by atoms with van der Waals surface area (Å²) < 4.78 is 9.42. The fraction of sp³-hybridized carbons (Fsp3) is 0.450. The average Bonchev–Trinajstić information content (AvgIpc) is 3.33. The third kappa shape index (κ3) is 4.03. The summed E-state index contributed by atoms with van der Waals surface area (Å²) >= 11 is 0. The summed E-state index contributed by atoms with van der Waals surface area (Å²) in [4.78, 5) is 6.61. The van der Waals surface area contributed by atoms with Crippen LogP contribution in [0.2, 0.25) is 0 Å². The van der Waals surface area contributed by atoms with E-state index in [0.29, 0.717) is 12.5 Å². The number of ether oxygens (including phenoxy) is 1. The number of imidazole rings is 1. The van der Waals surface area contributed by atoms with Gasteiger partial charge in [0.25, 0.3) is 0 Å². The van der Waals surface area contributed by atoms with Gasteiger partial charge in [-0.3, -0.25) is 4.90 Å². The second-order valence-corrected chi connectivity index (χ2v) is 7.19. The minimum absolute atomic E-state index is 0.422. The maximum absolute atomic E-state index is 5.25. The zero-order chi connectivity index (χ0) is 18.6. The molecule has 7 nitrogen and oxygen atoms in total. The molecule has 7 heteroatoms. The Balaban J connectivity index is 1.42. The highest BCUT2D eigenvalue weighted by atomic mass is 16.5. The zero-order valence-corrected chi connectivity index (χ0v) is 16.0. The van der Waals surface area contributed by atoms with Crippen LogP contribution in [-0.4, -0.2) is 49.4 Å². The Morgan fingerprint density at radius 1 is 1.15 bits per heavy atom. The summed E-state index contributed by atoms with van der Waals surface area (Å²) in [6.07, 6.45) is 7.90. The third-order valence-electron chi connectivity index (χ3n) is 5.32. The van der Waals surface area contributed by atoms with Gasteiger partial charge in [0.1, 0.15) is 11.6 Å². The fourth-order valence-electron chi connectivity index (χ4n) is 3.81. The van der Waals surface area contributed by atoms with E-state index in [0.717, 1.165) is 43.5 Å². The minimum atomic E-state index is 0.422. The van der Waals surface area contributed by atoms with Crippen molar-refractivity contribution in [2.75, 3.05) is 20.2 Å². The van der Waals surface area contributed by atoms with Crippen molar-refractivity contribution < 1.29 is 4.74 Å². The summed E-state index contributed by atoms with van der Waals surface area (Å²) in [7, 11) is 3.77. The van der Waals surface area contributed by atoms with E-state index in [2.05, 4.69) is 43.8 Å². The van der Waals surface area contributed by atoms with Crippen LogP contribution >= 0.6 is 0 Å². The molecule has 0 bridgehead atoms. The van der Waals surface area contributed by atoms with Crippen molar-refractivity contribution in [1.29, 1.82) is 0 Å². The van der Waals surface area contributed by atoms with Crippen molar-refractivity contribution >= 4 is 0 Å². The molecule has 0 radical (unpaired) electrons. The lowest BCUT2D eigenvalue weighted by atomic mass is 9.96. The highest BCUT2D eigenvalue weighted by Gasteiger charge is 2.26. The molecule has 1 saturated heterocycles. The number of likely N-dealkylation sites (tertiary alicyclic amines) is 1. The van der Waals surface area contributed by atoms with E-state index < -0.39 is 0 Å². The van der Waals surface area contributed by atoms with Crippen LogP contribution in [0, 0.1) is 0 Å². The first-order chi connectivity index (χ1) is 13.2. The van der Waals surface area contributed by atoms with Gasteiger partial charge in [0, 0.05) is 38.4 Å². The first-order valence-electron chi connectivity index (χ1n) is 9.42. The van der Waals surface area contributed by atoms with E-state index >= 15 is 0 Å². The molecule has 1 fully saturated rings. The zero-order valence-electron chi connectivity index (χ0n) is 16.0. The quantitative estimate of drug-likeness (QED) is 0.671. The third-order valence-corrected chi connectivity index (χ3v) is 5.32. The molecule has 0 N–H and O–H groups in total. The van der Waals surface area contributed by atoms with E-state index in [9.17, 15) is 0 Å². The molecule has 1 aliphatic heterocycles. The van der Waals surface area contributed by atoms with Crippen molar-refractivity contribution in [1.82, 2.24) is 29.2 Å². The van der Waals surface area contributed by atoms with Gasteiger partial charge in [-0.1, -0.05) is 12.1 Å². The number of rotatable bonds is 6. The van der Waals surface area contributed by atoms with E-state index in [1.807, 2.05) is 29.2 Å². The van der Waals surface area contributed by atoms with Gasteiger partial charge in [0.15, 0.2) is 5.82 Å². The SMILES string of the molecule is COc1ccc(CN2CCCC(c3nnc(Cn4ccnc4)n3C)C2)cc1. The van der Waals surface area contributed by atoms with Gasteiger partial charge in [-0.25, -0.2) is 4.98 Å². The highest BCUT2D eigenvalue weighted by Crippen LogP contribution is 2.27. The minimum Gasteiger partial charge on any atom is -0.497 e. The standard InChI is InChI=1S/C20H26N6O/c1-24-19(14-26-11-9-21-15-26)22-23-20(24)17-4-3-10-25(13-17)12-16-5-7-18(27-2)8-6-16/h5-9,11,15,17H,3-4,10,12-14H2,1-2H3. The molecule has 1 aliphatic rings. The van der Waals surface area contributed by atoms with E-state index in [-0.39, 0.29) is 0 Å². The molecule has 0 saturated carbocycles. The number of piperidine rings is 1. The van der Waals surface area contributed by atoms with E-state index in [1.54, 1.807) is 13.3 Å². The monoisotopic (exact) mass is 366 g/mol. The van der Waals surface area contributed by atoms with E-state index in [1.165, 1.54) is 12.0 Å². The Morgan fingerprint density at radius 3 is 2.74 bits per heavy atom. The van der Waals surface area contributed by atoms with E-state index in [4.69, 9.17) is 4.74 Å². The fourth-order valence-corrected chi connectivity index (χ4v) is 3.81. The van der Waals surface area contributed by atoms with Crippen LogP contribution in [0.25, 0.3) is 0 Å². The second-order valence-electron chi connectivity index (χ2n) is 7.19. The lowest BCUT2D eigenvalue weighted by Crippen LogP contribution is -2.34. The Bertz CT molecular complexity index is 855. The van der Waals surface area contributed by atoms with Crippen LogP contribution in [0.4, 0.5) is 0 Å². The summed E-state index contributed by atoms with van der Waals surface area (Å²) in [5.41, 5.74) is 1.32. The van der Waals surface area contributed by atoms with Crippen molar-refractivity contribution in [3.63, 3.8) is 0 Å². The van der Waals surface area contributed by atoms with Gasteiger partial charge >= 0.3 is 0 Å². The number of methoxy groups -OCH3 is 1. The van der Waals surface area contributed by atoms with Crippen LogP contribution in [0.3, 0.4) is 0 Å². The van der Waals surface area contributed by atoms with Crippen molar-refractivity contribution in [2.45, 2.75) is 31.8 Å². The Morgan fingerprint density at radius 2 is 2.00 bits per heavy atom. The normalized spacial score (nSPS) is 17.9. The largest absolute Gasteiger partial charge is 0.497 e. The van der Waals surface area contributed by atoms with Crippen molar-refractivity contribution in [3.8, 4) is 5.75 Å². The number of hydrogen-bond acceptors (Lipinski definition) is 5. The summed E-state index contributed by atoms with van der Waals surface area (Å²) in [5, 5.41) is 8.95. The summed E-state index contributed by atoms with van der Waals surface area (Å²) in [5.74, 6) is 3.38. The second kappa shape index (κ2) is 7.92. The van der Waals surface area contributed by atoms with Gasteiger partial charge in [0.05, 0.1) is 20.0 Å². The molecular formula is C20H26N6O. The molecule has 1 aromatic carbocycles. The van der Waals surface area contributed by atoms with Crippen LogP contribution in [-0.2, 0) is 20.1 Å². The summed E-state index contributed by atoms with van der Waals surface area (Å²) in [6.45, 7) is 3.80. The smallest absolute Gasteiger partial charge is 0.152 e. The molecule has 2 aromatic heterocycles. The Kier molecular flexibility index (Phi) is 5.20. The lowest BCUT2D eigenvalue weighted by molar-refractivity contribution is 0.195. The molecule has 3 heterocycles. The highest BCUT2D eigenvalue weighted by molar-refractivity contribution is 5.27. The van der Waals surface area contributed by atoms with Crippen LogP contribution in [0.15, 0.2) is 43.0 Å². The number of benzene rings is 1. The lowest BCUT2D eigenvalue weighted by Gasteiger charge is -2.32. The summed E-state index contributed by atoms with van der Waals surface area (Å²) in [6, 6.07) is 8.35. The van der Waals surface area contributed by atoms with Gasteiger partial charge in [0.2, 0.25) is 0 Å². The molecule has 142 valence electrons. The maximum Gasteiger partial charge on any atom is 0.152 e. The number of nitrogens with zero attached hydrogens (tertiary/aromatic N) is 6. The topological polar surface area (TPSA) is 61.0 Å². The molecule has 27 heavy (non-hydrogen) atoms. The number of hydrogen-bond donors (Lipinski definition) is 0. The molecular weight excluding hydrogens is 340 g/mol. The molecule has 1 unspecified atom stereocenters. The first-order valence-corrected chi connectivity index (χ1v) is 9.42. The molecule has 1 atom stereocenters. The van der Waals surface area contributed by atoms with Gasteiger partial charge in [-0.2, -0.15) is 0 Å². The molecule has 0 amide bonds. The molecule has 0 aliphatic carbocycles. The maximum atomic E-state index is 5.25.